The summed E-state index contributed by atoms with van der Waals surface area (Å²) in [6.07, 6.45) is 1.66. The minimum Gasteiger partial charge on any atom is -0.455 e. The Kier molecular flexibility index (Phi) is 3.73. The summed E-state index contributed by atoms with van der Waals surface area (Å²) < 4.78 is 5.85. The van der Waals surface area contributed by atoms with Crippen molar-refractivity contribution in [3.05, 3.63) is 65.3 Å². The second-order valence-electron chi connectivity index (χ2n) is 4.47. The molecule has 21 heavy (non-hydrogen) atoms. The highest BCUT2D eigenvalue weighted by Crippen LogP contribution is 2.29. The van der Waals surface area contributed by atoms with E-state index in [1.807, 2.05) is 30.3 Å². The molecule has 0 fully saturated rings. The predicted molar refractivity (Wildman–Crippen MR) is 89.2 cm³/mol. The molecule has 0 aliphatic heterocycles. The minimum absolute atomic E-state index is 0.260. The van der Waals surface area contributed by atoms with Crippen LogP contribution in [0.3, 0.4) is 0 Å². The van der Waals surface area contributed by atoms with Crippen LogP contribution < -0.4 is 10.5 Å². The summed E-state index contributed by atoms with van der Waals surface area (Å²) in [5.74, 6) is 1.13. The molecule has 0 radical (unpaired) electrons. The van der Waals surface area contributed by atoms with Gasteiger partial charge in [-0.1, -0.05) is 42.0 Å². The van der Waals surface area contributed by atoms with Crippen LogP contribution in [0.25, 0.3) is 10.9 Å². The Morgan fingerprint density at radius 1 is 1.14 bits per heavy atom. The molecule has 1 heterocycles. The SMILES string of the molecule is NC(=S)c1ccc(Cl)cc1Oc1cnc2ccccc2c1. The van der Waals surface area contributed by atoms with Gasteiger partial charge in [0.2, 0.25) is 0 Å². The second-order valence-corrected chi connectivity index (χ2v) is 5.35. The van der Waals surface area contributed by atoms with Crippen molar-refractivity contribution < 1.29 is 4.74 Å². The van der Waals surface area contributed by atoms with Gasteiger partial charge in [-0.15, -0.1) is 0 Å². The molecule has 2 N–H and O–H groups in total. The molecule has 1 aromatic heterocycles. The van der Waals surface area contributed by atoms with Crippen molar-refractivity contribution in [2.24, 2.45) is 5.73 Å². The number of hydrogen-bond donors (Lipinski definition) is 1. The number of thiocarbonyl (C=S) groups is 1. The lowest BCUT2D eigenvalue weighted by Gasteiger charge is -2.11. The van der Waals surface area contributed by atoms with Crippen LogP contribution in [0.4, 0.5) is 0 Å². The van der Waals surface area contributed by atoms with Gasteiger partial charge in [-0.05, 0) is 24.3 Å². The highest BCUT2D eigenvalue weighted by atomic mass is 35.5. The third-order valence-corrected chi connectivity index (χ3v) is 3.46. The molecule has 0 bridgehead atoms. The smallest absolute Gasteiger partial charge is 0.146 e. The van der Waals surface area contributed by atoms with E-state index in [0.717, 1.165) is 10.9 Å². The van der Waals surface area contributed by atoms with E-state index in [4.69, 9.17) is 34.3 Å². The Hall–Kier alpha value is -2.17. The van der Waals surface area contributed by atoms with Crippen LogP contribution in [0.15, 0.2) is 54.7 Å². The molecule has 3 nitrogen and oxygen atoms in total. The topological polar surface area (TPSA) is 48.1 Å². The molecule has 0 atom stereocenters. The number of para-hydroxylation sites is 1. The molecule has 104 valence electrons. The summed E-state index contributed by atoms with van der Waals surface area (Å²) in [5.41, 5.74) is 7.25. The lowest BCUT2D eigenvalue weighted by molar-refractivity contribution is 0.480. The molecule has 0 saturated heterocycles. The van der Waals surface area contributed by atoms with Crippen LogP contribution in [-0.2, 0) is 0 Å². The zero-order valence-electron chi connectivity index (χ0n) is 10.9. The predicted octanol–water partition coefficient (Wildman–Crippen LogP) is 4.31. The standard InChI is InChI=1S/C16H11ClN2OS/c17-11-5-6-13(16(18)21)15(8-11)20-12-7-10-3-1-2-4-14(10)19-9-12/h1-9H,(H2,18,21). The van der Waals surface area contributed by atoms with E-state index in [0.29, 0.717) is 22.1 Å². The molecule has 3 aromatic rings. The van der Waals surface area contributed by atoms with Crippen molar-refractivity contribution in [3.8, 4) is 11.5 Å². The fraction of sp³-hybridized carbons (Fsp3) is 0. The van der Waals surface area contributed by atoms with Crippen LogP contribution >= 0.6 is 23.8 Å². The number of rotatable bonds is 3. The Balaban J connectivity index is 2.02. The van der Waals surface area contributed by atoms with E-state index in [2.05, 4.69) is 4.98 Å². The Labute approximate surface area is 132 Å². The zero-order valence-corrected chi connectivity index (χ0v) is 12.5. The summed E-state index contributed by atoms with van der Waals surface area (Å²) in [5, 5.41) is 1.55. The van der Waals surface area contributed by atoms with Gasteiger partial charge >= 0.3 is 0 Å². The van der Waals surface area contributed by atoms with Crippen molar-refractivity contribution in [1.82, 2.24) is 4.98 Å². The maximum absolute atomic E-state index is 6.00. The van der Waals surface area contributed by atoms with Gasteiger partial charge in [-0.25, -0.2) is 0 Å². The van der Waals surface area contributed by atoms with Gasteiger partial charge < -0.3 is 10.5 Å². The molecule has 5 heteroatoms. The van der Waals surface area contributed by atoms with Gasteiger partial charge in [0.05, 0.1) is 17.3 Å². The third kappa shape index (κ3) is 2.96. The van der Waals surface area contributed by atoms with E-state index < -0.39 is 0 Å². The Morgan fingerprint density at radius 2 is 1.95 bits per heavy atom. The highest BCUT2D eigenvalue weighted by molar-refractivity contribution is 7.80. The van der Waals surface area contributed by atoms with Crippen LogP contribution in [0.5, 0.6) is 11.5 Å². The fourth-order valence-corrected chi connectivity index (χ4v) is 2.35. The molecular weight excluding hydrogens is 304 g/mol. The summed E-state index contributed by atoms with van der Waals surface area (Å²) in [6.45, 7) is 0. The molecule has 0 unspecified atom stereocenters. The molecule has 3 rings (SSSR count). The average molecular weight is 315 g/mol. The normalized spacial score (nSPS) is 10.5. The summed E-state index contributed by atoms with van der Waals surface area (Å²) in [7, 11) is 0. The molecule has 0 amide bonds. The van der Waals surface area contributed by atoms with Gasteiger partial charge in [0.25, 0.3) is 0 Å². The zero-order chi connectivity index (χ0) is 14.8. The number of aromatic nitrogens is 1. The van der Waals surface area contributed by atoms with Crippen LogP contribution in [0.1, 0.15) is 5.56 Å². The van der Waals surface area contributed by atoms with E-state index in [9.17, 15) is 0 Å². The summed E-state index contributed by atoms with van der Waals surface area (Å²) >= 11 is 11.0. The number of pyridine rings is 1. The van der Waals surface area contributed by atoms with E-state index in [1.54, 1.807) is 24.4 Å². The van der Waals surface area contributed by atoms with Crippen LogP contribution in [0, 0.1) is 0 Å². The molecule has 0 aliphatic carbocycles. The van der Waals surface area contributed by atoms with E-state index in [1.165, 1.54) is 0 Å². The molecule has 0 saturated carbocycles. The first-order valence-corrected chi connectivity index (χ1v) is 7.04. The monoisotopic (exact) mass is 314 g/mol. The average Bonchev–Trinajstić information content (AvgIpc) is 2.47. The minimum atomic E-state index is 0.260. The van der Waals surface area contributed by atoms with Gasteiger partial charge in [0.15, 0.2) is 0 Å². The lowest BCUT2D eigenvalue weighted by atomic mass is 10.2. The van der Waals surface area contributed by atoms with Gasteiger partial charge in [-0.3, -0.25) is 4.98 Å². The number of nitrogens with two attached hydrogens (primary N) is 1. The maximum Gasteiger partial charge on any atom is 0.146 e. The first kappa shape index (κ1) is 13.8. The van der Waals surface area contributed by atoms with Crippen molar-refractivity contribution >= 4 is 39.7 Å². The quantitative estimate of drug-likeness (QED) is 0.732. The first-order chi connectivity index (χ1) is 10.1. The van der Waals surface area contributed by atoms with Crippen molar-refractivity contribution in [1.29, 1.82) is 0 Å². The van der Waals surface area contributed by atoms with Crippen LogP contribution in [-0.4, -0.2) is 9.97 Å². The van der Waals surface area contributed by atoms with Gasteiger partial charge in [-0.2, -0.15) is 0 Å². The van der Waals surface area contributed by atoms with Crippen molar-refractivity contribution in [3.63, 3.8) is 0 Å². The molecular formula is C16H11ClN2OS. The lowest BCUT2D eigenvalue weighted by Crippen LogP contribution is -2.10. The largest absolute Gasteiger partial charge is 0.455 e. The maximum atomic E-state index is 6.00. The number of fused-ring (bicyclic) bond motifs is 1. The molecule has 0 spiro atoms. The number of ether oxygens (including phenoxy) is 1. The summed E-state index contributed by atoms with van der Waals surface area (Å²) in [6, 6.07) is 14.9. The highest BCUT2D eigenvalue weighted by Gasteiger charge is 2.09. The Bertz CT molecular complexity index is 835. The summed E-state index contributed by atoms with van der Waals surface area (Å²) in [4.78, 5) is 4.61. The van der Waals surface area contributed by atoms with Gasteiger partial charge in [0.1, 0.15) is 16.5 Å². The van der Waals surface area contributed by atoms with Crippen molar-refractivity contribution in [2.45, 2.75) is 0 Å². The Morgan fingerprint density at radius 3 is 2.76 bits per heavy atom. The number of halogens is 1. The van der Waals surface area contributed by atoms with Crippen molar-refractivity contribution in [2.75, 3.05) is 0 Å². The number of hydrogen-bond acceptors (Lipinski definition) is 3. The van der Waals surface area contributed by atoms with E-state index >= 15 is 0 Å². The third-order valence-electron chi connectivity index (χ3n) is 3.00. The van der Waals surface area contributed by atoms with Gasteiger partial charge in [0, 0.05) is 16.5 Å². The van der Waals surface area contributed by atoms with Crippen LogP contribution in [0.2, 0.25) is 5.02 Å². The van der Waals surface area contributed by atoms with E-state index in [-0.39, 0.29) is 4.99 Å². The number of nitrogens with zero attached hydrogens (tertiary/aromatic N) is 1. The number of benzene rings is 2. The molecule has 2 aromatic carbocycles. The first-order valence-electron chi connectivity index (χ1n) is 6.25. The fourth-order valence-electron chi connectivity index (χ4n) is 2.02. The molecule has 0 aliphatic rings. The second kappa shape index (κ2) is 5.68.